The molecule has 0 rings (SSSR count). The maximum atomic E-state index is 12.3. The van der Waals surface area contributed by atoms with E-state index in [1.165, 1.54) is 128 Å². The molecule has 0 atom stereocenters. The fraction of sp³-hybridized carbons (Fsp3) is 0.756. The number of unbranched alkanes of at least 4 members (excludes halogenated alkanes) is 18. The molecule has 0 radical (unpaired) electrons. The smallest absolute Gasteiger partial charge is 0.303 e. The molecule has 0 fully saturated rings. The van der Waals surface area contributed by atoms with E-state index in [0.29, 0.717) is 0 Å². The quantitative estimate of drug-likeness (QED) is 0.0551. The van der Waals surface area contributed by atoms with E-state index in [9.17, 15) is 9.59 Å². The van der Waals surface area contributed by atoms with Crippen LogP contribution in [0.15, 0.2) is 48.6 Å². The zero-order chi connectivity index (χ0) is 32.9. The Labute approximate surface area is 279 Å². The van der Waals surface area contributed by atoms with Gasteiger partial charge < -0.3 is 10.4 Å². The van der Waals surface area contributed by atoms with Crippen molar-refractivity contribution in [3.8, 4) is 0 Å². The van der Waals surface area contributed by atoms with E-state index in [1.54, 1.807) is 0 Å². The Morgan fingerprint density at radius 2 is 0.844 bits per heavy atom. The third kappa shape index (κ3) is 36.2. The minimum atomic E-state index is -0.906. The molecule has 0 unspecified atom stereocenters. The lowest BCUT2D eigenvalue weighted by molar-refractivity contribution is -0.138. The van der Waals surface area contributed by atoms with Crippen molar-refractivity contribution in [1.29, 1.82) is 0 Å². The minimum absolute atomic E-state index is 0.0826. The first-order chi connectivity index (χ1) is 22.1. The molecule has 0 saturated carbocycles. The highest BCUT2D eigenvalue weighted by molar-refractivity contribution is 5.80. The van der Waals surface area contributed by atoms with Crippen LogP contribution in [0, 0.1) is 0 Å². The lowest BCUT2D eigenvalue weighted by Gasteiger charge is -2.19. The molecule has 0 spiro atoms. The highest BCUT2D eigenvalue weighted by atomic mass is 16.4. The first kappa shape index (κ1) is 42.9. The number of carboxylic acid groups (broad SMARTS) is 1. The van der Waals surface area contributed by atoms with E-state index < -0.39 is 5.97 Å². The molecule has 4 heteroatoms. The van der Waals surface area contributed by atoms with Gasteiger partial charge in [0.1, 0.15) is 0 Å². The van der Waals surface area contributed by atoms with Gasteiger partial charge in [0.15, 0.2) is 0 Å². The van der Waals surface area contributed by atoms with Gasteiger partial charge in [0.25, 0.3) is 0 Å². The number of allylic oxidation sites excluding steroid dienone is 8. The molecule has 1 amide bonds. The zero-order valence-corrected chi connectivity index (χ0v) is 29.8. The van der Waals surface area contributed by atoms with Crippen LogP contribution in [0.4, 0.5) is 0 Å². The summed E-state index contributed by atoms with van der Waals surface area (Å²) in [7, 11) is 0. The molecule has 260 valence electrons. The van der Waals surface area contributed by atoms with Crippen molar-refractivity contribution in [2.75, 3.05) is 0 Å². The highest BCUT2D eigenvalue weighted by Crippen LogP contribution is 2.16. The average molecular weight is 628 g/mol. The van der Waals surface area contributed by atoms with Gasteiger partial charge in [0.05, 0.1) is 6.42 Å². The van der Waals surface area contributed by atoms with Gasteiger partial charge in [-0.25, -0.2) is 0 Å². The summed E-state index contributed by atoms with van der Waals surface area (Å²) in [5.74, 6) is -1.01. The summed E-state index contributed by atoms with van der Waals surface area (Å²) in [5.41, 5.74) is 0. The summed E-state index contributed by atoms with van der Waals surface area (Å²) in [6, 6.07) is 0.183. The van der Waals surface area contributed by atoms with E-state index in [4.69, 9.17) is 5.11 Å². The molecule has 0 aliphatic carbocycles. The predicted octanol–water partition coefficient (Wildman–Crippen LogP) is 12.7. The highest BCUT2D eigenvalue weighted by Gasteiger charge is 2.13. The number of hydrogen-bond donors (Lipinski definition) is 2. The van der Waals surface area contributed by atoms with E-state index >= 15 is 0 Å². The van der Waals surface area contributed by atoms with Gasteiger partial charge in [-0.3, -0.25) is 9.59 Å². The van der Waals surface area contributed by atoms with Crippen molar-refractivity contribution in [1.82, 2.24) is 5.32 Å². The molecule has 0 aromatic rings. The van der Waals surface area contributed by atoms with Crippen molar-refractivity contribution < 1.29 is 14.7 Å². The van der Waals surface area contributed by atoms with Crippen molar-refractivity contribution in [3.05, 3.63) is 48.6 Å². The molecular weight excluding hydrogens is 554 g/mol. The van der Waals surface area contributed by atoms with E-state index in [0.717, 1.165) is 38.5 Å². The molecule has 0 aromatic carbocycles. The molecule has 4 nitrogen and oxygen atoms in total. The number of aliphatic carboxylic acids is 1. The minimum Gasteiger partial charge on any atom is -0.481 e. The van der Waals surface area contributed by atoms with E-state index in [2.05, 4.69) is 67.8 Å². The molecular formula is C41H73NO3. The summed E-state index contributed by atoms with van der Waals surface area (Å²) in [6.45, 7) is 4.50. The van der Waals surface area contributed by atoms with Crippen LogP contribution in [-0.2, 0) is 9.59 Å². The standard InChI is InChI=1S/C41H73NO3/c1-3-5-7-9-11-13-15-17-19-21-23-25-27-29-31-33-35-39(42-40(43)37-38-41(44)45)36-34-32-30-28-26-24-22-20-18-16-14-12-10-8-6-4-2/h11-14,17-20,39H,3-10,15-16,21-38H2,1-2H3,(H,42,43)(H,44,45)/b13-11-,14-12-,19-17-,20-18-. The normalized spacial score (nSPS) is 12.2. The van der Waals surface area contributed by atoms with Crippen LogP contribution in [0.25, 0.3) is 0 Å². The van der Waals surface area contributed by atoms with Crippen LogP contribution in [-0.4, -0.2) is 23.0 Å². The Morgan fingerprint density at radius 3 is 1.22 bits per heavy atom. The second kappa shape index (κ2) is 36.4. The number of rotatable bonds is 34. The van der Waals surface area contributed by atoms with Gasteiger partial charge in [-0.15, -0.1) is 0 Å². The lowest BCUT2D eigenvalue weighted by Crippen LogP contribution is -2.35. The van der Waals surface area contributed by atoms with Gasteiger partial charge in [-0.1, -0.05) is 152 Å². The zero-order valence-electron chi connectivity index (χ0n) is 29.8. The predicted molar refractivity (Wildman–Crippen MR) is 197 cm³/mol. The van der Waals surface area contributed by atoms with E-state index in [-0.39, 0.29) is 24.8 Å². The monoisotopic (exact) mass is 628 g/mol. The Bertz CT molecular complexity index is 719. The van der Waals surface area contributed by atoms with Gasteiger partial charge in [-0.05, 0) is 77.0 Å². The average Bonchev–Trinajstić information content (AvgIpc) is 3.03. The van der Waals surface area contributed by atoms with Crippen molar-refractivity contribution >= 4 is 11.9 Å². The van der Waals surface area contributed by atoms with Crippen LogP contribution in [0.3, 0.4) is 0 Å². The van der Waals surface area contributed by atoms with Crippen LogP contribution < -0.4 is 5.32 Å². The summed E-state index contributed by atoms with van der Waals surface area (Å²) in [4.78, 5) is 23.2. The fourth-order valence-electron chi connectivity index (χ4n) is 5.57. The summed E-state index contributed by atoms with van der Waals surface area (Å²) < 4.78 is 0. The van der Waals surface area contributed by atoms with Crippen LogP contribution in [0.1, 0.15) is 194 Å². The third-order valence-corrected chi connectivity index (χ3v) is 8.44. The molecule has 0 aromatic heterocycles. The molecule has 45 heavy (non-hydrogen) atoms. The van der Waals surface area contributed by atoms with Gasteiger partial charge in [0, 0.05) is 12.5 Å². The summed E-state index contributed by atoms with van der Waals surface area (Å²) in [5, 5.41) is 12.1. The molecule has 0 aliphatic rings. The van der Waals surface area contributed by atoms with Gasteiger partial charge in [-0.2, -0.15) is 0 Å². The number of carboxylic acids is 1. The van der Waals surface area contributed by atoms with Crippen LogP contribution in [0.2, 0.25) is 0 Å². The molecule has 0 aliphatic heterocycles. The molecule has 0 bridgehead atoms. The second-order valence-electron chi connectivity index (χ2n) is 12.9. The summed E-state index contributed by atoms with van der Waals surface area (Å²) >= 11 is 0. The van der Waals surface area contributed by atoms with Gasteiger partial charge in [0.2, 0.25) is 5.91 Å². The molecule has 0 heterocycles. The Morgan fingerprint density at radius 1 is 0.489 bits per heavy atom. The molecule has 0 saturated heterocycles. The topological polar surface area (TPSA) is 66.4 Å². The van der Waals surface area contributed by atoms with Crippen molar-refractivity contribution in [2.45, 2.75) is 200 Å². The largest absolute Gasteiger partial charge is 0.481 e. The molecule has 2 N–H and O–H groups in total. The number of hydrogen-bond acceptors (Lipinski definition) is 2. The third-order valence-electron chi connectivity index (χ3n) is 8.44. The SMILES string of the molecule is CCCCC/C=C\C/C=C\CCCCCCCCC(CCCCCCCC/C=C\C/C=C\CCCCC)NC(=O)CCC(=O)O. The van der Waals surface area contributed by atoms with E-state index in [1.807, 2.05) is 0 Å². The number of carbonyl (C=O) groups excluding carboxylic acids is 1. The first-order valence-corrected chi connectivity index (χ1v) is 19.2. The maximum Gasteiger partial charge on any atom is 0.303 e. The summed E-state index contributed by atoms with van der Waals surface area (Å²) in [6.07, 6.45) is 50.2. The lowest BCUT2D eigenvalue weighted by atomic mass is 9.99. The van der Waals surface area contributed by atoms with Crippen LogP contribution >= 0.6 is 0 Å². The maximum absolute atomic E-state index is 12.3. The first-order valence-electron chi connectivity index (χ1n) is 19.2. The van der Waals surface area contributed by atoms with Crippen molar-refractivity contribution in [3.63, 3.8) is 0 Å². The van der Waals surface area contributed by atoms with Gasteiger partial charge >= 0.3 is 5.97 Å². The van der Waals surface area contributed by atoms with Crippen molar-refractivity contribution in [2.24, 2.45) is 0 Å². The number of nitrogens with one attached hydrogen (secondary N) is 1. The second-order valence-corrected chi connectivity index (χ2v) is 12.9. The Kier molecular flexibility index (Phi) is 34.7. The number of amides is 1. The fourth-order valence-corrected chi connectivity index (χ4v) is 5.57. The Balaban J connectivity index is 3.97. The van der Waals surface area contributed by atoms with Crippen LogP contribution in [0.5, 0.6) is 0 Å². The Hall–Kier alpha value is -2.10. The number of carbonyl (C=O) groups is 2.